The summed E-state index contributed by atoms with van der Waals surface area (Å²) < 4.78 is 7.56. The summed E-state index contributed by atoms with van der Waals surface area (Å²) in [6, 6.07) is 9.52. The lowest BCUT2D eigenvalue weighted by molar-refractivity contribution is 0.189. The van der Waals surface area contributed by atoms with Crippen LogP contribution in [0.15, 0.2) is 30.3 Å². The van der Waals surface area contributed by atoms with Gasteiger partial charge in [-0.05, 0) is 26.0 Å². The number of aromatic nitrogens is 2. The predicted molar refractivity (Wildman–Crippen MR) is 69.4 cm³/mol. The van der Waals surface area contributed by atoms with Crippen molar-refractivity contribution in [3.05, 3.63) is 47.3 Å². The lowest BCUT2D eigenvalue weighted by atomic mass is 10.1. The van der Waals surface area contributed by atoms with Gasteiger partial charge in [-0.25, -0.2) is 0 Å². The number of para-hydroxylation sites is 1. The van der Waals surface area contributed by atoms with Crippen LogP contribution in [0.4, 0.5) is 0 Å². The van der Waals surface area contributed by atoms with E-state index in [1.807, 2.05) is 44.3 Å². The molecule has 0 amide bonds. The Labute approximate surface area is 107 Å². The molecule has 2 aromatic rings. The Morgan fingerprint density at radius 1 is 1.39 bits per heavy atom. The Kier molecular flexibility index (Phi) is 3.67. The van der Waals surface area contributed by atoms with Gasteiger partial charge in [0, 0.05) is 12.6 Å². The van der Waals surface area contributed by atoms with Crippen LogP contribution in [0.3, 0.4) is 0 Å². The fraction of sp³-hybridized carbons (Fsp3) is 0.357. The topological polar surface area (TPSA) is 47.3 Å². The highest BCUT2D eigenvalue weighted by Gasteiger charge is 2.09. The third-order valence-corrected chi connectivity index (χ3v) is 2.84. The van der Waals surface area contributed by atoms with Crippen molar-refractivity contribution < 1.29 is 9.84 Å². The molecule has 1 heterocycles. The summed E-state index contributed by atoms with van der Waals surface area (Å²) in [6.45, 7) is 4.13. The van der Waals surface area contributed by atoms with E-state index in [9.17, 15) is 5.11 Å². The van der Waals surface area contributed by atoms with Crippen LogP contribution in [0.25, 0.3) is 0 Å². The van der Waals surface area contributed by atoms with E-state index in [2.05, 4.69) is 5.10 Å². The molecule has 0 bridgehead atoms. The van der Waals surface area contributed by atoms with E-state index in [0.29, 0.717) is 12.4 Å². The molecule has 96 valence electrons. The monoisotopic (exact) mass is 246 g/mol. The number of ether oxygens (including phenoxy) is 1. The van der Waals surface area contributed by atoms with Crippen molar-refractivity contribution in [3.8, 4) is 5.75 Å². The highest BCUT2D eigenvalue weighted by molar-refractivity contribution is 5.34. The Bertz CT molecular complexity index is 532. The van der Waals surface area contributed by atoms with Crippen LogP contribution >= 0.6 is 0 Å². The quantitative estimate of drug-likeness (QED) is 0.900. The van der Waals surface area contributed by atoms with Crippen LogP contribution in [-0.2, 0) is 13.7 Å². The van der Waals surface area contributed by atoms with Crippen LogP contribution in [0.1, 0.15) is 30.0 Å². The Hall–Kier alpha value is -1.81. The first-order valence-corrected chi connectivity index (χ1v) is 5.97. The van der Waals surface area contributed by atoms with Crippen molar-refractivity contribution in [1.29, 1.82) is 0 Å². The van der Waals surface area contributed by atoms with Crippen molar-refractivity contribution in [2.45, 2.75) is 26.6 Å². The van der Waals surface area contributed by atoms with Gasteiger partial charge in [-0.3, -0.25) is 4.68 Å². The smallest absolute Gasteiger partial charge is 0.130 e. The highest BCUT2D eigenvalue weighted by atomic mass is 16.5. The Morgan fingerprint density at radius 3 is 2.72 bits per heavy atom. The van der Waals surface area contributed by atoms with Gasteiger partial charge < -0.3 is 9.84 Å². The summed E-state index contributed by atoms with van der Waals surface area (Å²) in [5.74, 6) is 0.714. The second-order valence-electron chi connectivity index (χ2n) is 4.40. The number of hydrogen-bond acceptors (Lipinski definition) is 3. The van der Waals surface area contributed by atoms with Crippen LogP contribution in [-0.4, -0.2) is 14.9 Å². The van der Waals surface area contributed by atoms with Gasteiger partial charge >= 0.3 is 0 Å². The molecule has 1 aromatic heterocycles. The number of aliphatic hydroxyl groups excluding tert-OH is 1. The third-order valence-electron chi connectivity index (χ3n) is 2.84. The minimum atomic E-state index is -0.533. The van der Waals surface area contributed by atoms with Crippen molar-refractivity contribution in [1.82, 2.24) is 9.78 Å². The molecule has 0 aliphatic rings. The molecule has 4 nitrogen and oxygen atoms in total. The summed E-state index contributed by atoms with van der Waals surface area (Å²) in [5, 5.41) is 13.9. The van der Waals surface area contributed by atoms with Crippen molar-refractivity contribution in [2.75, 3.05) is 0 Å². The van der Waals surface area contributed by atoms with Gasteiger partial charge in [0.25, 0.3) is 0 Å². The van der Waals surface area contributed by atoms with Gasteiger partial charge in [-0.2, -0.15) is 5.10 Å². The summed E-state index contributed by atoms with van der Waals surface area (Å²) in [7, 11) is 1.90. The summed E-state index contributed by atoms with van der Waals surface area (Å²) >= 11 is 0. The maximum Gasteiger partial charge on any atom is 0.130 e. The van der Waals surface area contributed by atoms with Crippen LogP contribution in [0, 0.1) is 6.92 Å². The second-order valence-corrected chi connectivity index (χ2v) is 4.40. The average molecular weight is 246 g/mol. The normalized spacial score (nSPS) is 12.4. The van der Waals surface area contributed by atoms with E-state index in [1.54, 1.807) is 11.6 Å². The summed E-state index contributed by atoms with van der Waals surface area (Å²) in [4.78, 5) is 0. The summed E-state index contributed by atoms with van der Waals surface area (Å²) in [6.07, 6.45) is -0.533. The van der Waals surface area contributed by atoms with Gasteiger partial charge in [-0.15, -0.1) is 0 Å². The lowest BCUT2D eigenvalue weighted by Gasteiger charge is -2.13. The number of aliphatic hydroxyl groups is 1. The third kappa shape index (κ3) is 2.71. The standard InChI is InChI=1S/C14H18N2O2/c1-10-8-12(16(3)15-10)9-18-14-7-5-4-6-13(14)11(2)17/h4-8,11,17H,9H2,1-3H3/t11-/m1/s1. The van der Waals surface area contributed by atoms with E-state index < -0.39 is 6.10 Å². The molecule has 0 saturated heterocycles. The molecule has 0 saturated carbocycles. The molecule has 4 heteroatoms. The Morgan fingerprint density at radius 2 is 2.11 bits per heavy atom. The predicted octanol–water partition coefficient (Wildman–Crippen LogP) is 2.36. The zero-order valence-electron chi connectivity index (χ0n) is 10.9. The first kappa shape index (κ1) is 12.6. The largest absolute Gasteiger partial charge is 0.487 e. The Balaban J connectivity index is 2.13. The first-order chi connectivity index (χ1) is 8.58. The van der Waals surface area contributed by atoms with Crippen molar-refractivity contribution in [3.63, 3.8) is 0 Å². The maximum absolute atomic E-state index is 9.66. The molecule has 0 spiro atoms. The molecule has 1 atom stereocenters. The molecule has 2 rings (SSSR count). The van der Waals surface area contributed by atoms with Gasteiger partial charge in [0.15, 0.2) is 0 Å². The second kappa shape index (κ2) is 5.23. The van der Waals surface area contributed by atoms with Crippen LogP contribution < -0.4 is 4.74 Å². The number of benzene rings is 1. The minimum absolute atomic E-state index is 0.446. The number of aryl methyl sites for hydroxylation is 2. The van der Waals surface area contributed by atoms with E-state index in [1.165, 1.54) is 0 Å². The number of hydrogen-bond donors (Lipinski definition) is 1. The molecule has 1 N–H and O–H groups in total. The van der Waals surface area contributed by atoms with E-state index >= 15 is 0 Å². The molecule has 0 unspecified atom stereocenters. The molecule has 0 aliphatic heterocycles. The first-order valence-electron chi connectivity index (χ1n) is 5.97. The molecular weight excluding hydrogens is 228 g/mol. The zero-order chi connectivity index (χ0) is 13.1. The van der Waals surface area contributed by atoms with Gasteiger partial charge in [0.2, 0.25) is 0 Å². The fourth-order valence-electron chi connectivity index (χ4n) is 1.91. The number of rotatable bonds is 4. The lowest BCUT2D eigenvalue weighted by Crippen LogP contribution is -2.05. The van der Waals surface area contributed by atoms with Crippen LogP contribution in [0.5, 0.6) is 5.75 Å². The molecular formula is C14H18N2O2. The van der Waals surface area contributed by atoms with E-state index in [-0.39, 0.29) is 0 Å². The van der Waals surface area contributed by atoms with Gasteiger partial charge in [0.1, 0.15) is 12.4 Å². The SMILES string of the molecule is Cc1cc(COc2ccccc2[C@@H](C)O)n(C)n1. The zero-order valence-corrected chi connectivity index (χ0v) is 10.9. The van der Waals surface area contributed by atoms with Crippen molar-refractivity contribution in [2.24, 2.45) is 7.05 Å². The highest BCUT2D eigenvalue weighted by Crippen LogP contribution is 2.25. The molecule has 18 heavy (non-hydrogen) atoms. The maximum atomic E-state index is 9.66. The van der Waals surface area contributed by atoms with Crippen molar-refractivity contribution >= 4 is 0 Å². The van der Waals surface area contributed by atoms with E-state index in [4.69, 9.17) is 4.74 Å². The summed E-state index contributed by atoms with van der Waals surface area (Å²) in [5.41, 5.74) is 2.78. The van der Waals surface area contributed by atoms with E-state index in [0.717, 1.165) is 17.0 Å². The van der Waals surface area contributed by atoms with Gasteiger partial charge in [0.05, 0.1) is 17.5 Å². The molecule has 0 radical (unpaired) electrons. The van der Waals surface area contributed by atoms with Crippen LogP contribution in [0.2, 0.25) is 0 Å². The number of nitrogens with zero attached hydrogens (tertiary/aromatic N) is 2. The molecule has 0 fully saturated rings. The molecule has 0 aliphatic carbocycles. The fourth-order valence-corrected chi connectivity index (χ4v) is 1.91. The molecule has 1 aromatic carbocycles. The minimum Gasteiger partial charge on any atom is -0.487 e. The average Bonchev–Trinajstić information content (AvgIpc) is 2.65. The van der Waals surface area contributed by atoms with Gasteiger partial charge in [-0.1, -0.05) is 18.2 Å².